The first-order valence-electron chi connectivity index (χ1n) is 4.09. The lowest BCUT2D eigenvalue weighted by atomic mass is 10.3. The predicted octanol–water partition coefficient (Wildman–Crippen LogP) is 4.05. The second-order valence-electron chi connectivity index (χ2n) is 3.10. The number of aryl methyl sites for hydroxylation is 1. The number of aromatic nitrogens is 2. The Morgan fingerprint density at radius 2 is 1.93 bits per heavy atom. The SMILES string of the molecule is Cn1c(C(Cl)(Cl)Cl)nc2c(Cl)cccc21. The van der Waals surface area contributed by atoms with E-state index in [2.05, 4.69) is 4.98 Å². The smallest absolute Gasteiger partial charge is 0.248 e. The number of benzene rings is 1. The maximum Gasteiger partial charge on any atom is 0.248 e. The fraction of sp³-hybridized carbons (Fsp3) is 0.222. The molecule has 80 valence electrons. The molecule has 0 aliphatic rings. The number of imidazole rings is 1. The highest BCUT2D eigenvalue weighted by Gasteiger charge is 2.29. The minimum atomic E-state index is -1.54. The first-order chi connectivity index (χ1) is 6.91. The molecule has 0 N–H and O–H groups in total. The summed E-state index contributed by atoms with van der Waals surface area (Å²) in [5.41, 5.74) is 1.48. The van der Waals surface area contributed by atoms with E-state index in [9.17, 15) is 0 Å². The standard InChI is InChI=1S/C9H6Cl4N2/c1-15-6-4-2-3-5(10)7(6)14-8(15)9(11,12)13/h2-4H,1H3. The van der Waals surface area contributed by atoms with Crippen LogP contribution < -0.4 is 0 Å². The Bertz CT molecular complexity index is 513. The third-order valence-corrected chi connectivity index (χ3v) is 2.93. The summed E-state index contributed by atoms with van der Waals surface area (Å²) in [6.45, 7) is 0. The fourth-order valence-electron chi connectivity index (χ4n) is 1.43. The Labute approximate surface area is 107 Å². The van der Waals surface area contributed by atoms with Crippen LogP contribution in [0.15, 0.2) is 18.2 Å². The molecule has 0 aliphatic heterocycles. The highest BCUT2D eigenvalue weighted by Crippen LogP contribution is 2.39. The number of alkyl halides is 3. The molecule has 6 heteroatoms. The zero-order chi connectivity index (χ0) is 11.2. The van der Waals surface area contributed by atoms with Crippen molar-refractivity contribution in [1.29, 1.82) is 0 Å². The number of halogens is 4. The van der Waals surface area contributed by atoms with E-state index in [1.807, 2.05) is 12.1 Å². The molecule has 1 aromatic heterocycles. The molecule has 0 fully saturated rings. The minimum Gasteiger partial charge on any atom is -0.327 e. The van der Waals surface area contributed by atoms with Gasteiger partial charge in [0.25, 0.3) is 0 Å². The highest BCUT2D eigenvalue weighted by atomic mass is 35.6. The van der Waals surface area contributed by atoms with Crippen LogP contribution in [-0.2, 0) is 10.8 Å². The molecule has 0 atom stereocenters. The summed E-state index contributed by atoms with van der Waals surface area (Å²) in [6.07, 6.45) is 0. The Morgan fingerprint density at radius 3 is 2.47 bits per heavy atom. The summed E-state index contributed by atoms with van der Waals surface area (Å²) in [5.74, 6) is 0.357. The minimum absolute atomic E-state index is 0.357. The Balaban J connectivity index is 2.81. The zero-order valence-electron chi connectivity index (χ0n) is 7.64. The van der Waals surface area contributed by atoms with E-state index in [0.29, 0.717) is 16.4 Å². The predicted molar refractivity (Wildman–Crippen MR) is 65.0 cm³/mol. The molecule has 0 radical (unpaired) electrons. The molecule has 0 saturated carbocycles. The van der Waals surface area contributed by atoms with Crippen LogP contribution in [0.25, 0.3) is 11.0 Å². The van der Waals surface area contributed by atoms with Gasteiger partial charge in [0.05, 0.1) is 10.5 Å². The zero-order valence-corrected chi connectivity index (χ0v) is 10.7. The molecule has 0 saturated heterocycles. The normalized spacial score (nSPS) is 12.3. The van der Waals surface area contributed by atoms with Gasteiger partial charge in [-0.3, -0.25) is 0 Å². The van der Waals surface area contributed by atoms with E-state index < -0.39 is 3.79 Å². The molecule has 0 bridgehead atoms. The lowest BCUT2D eigenvalue weighted by Crippen LogP contribution is -2.08. The second kappa shape index (κ2) is 3.70. The van der Waals surface area contributed by atoms with Gasteiger partial charge in [0, 0.05) is 7.05 Å². The van der Waals surface area contributed by atoms with Crippen LogP contribution in [0, 0.1) is 0 Å². The number of nitrogens with zero attached hydrogens (tertiary/aromatic N) is 2. The molecule has 2 rings (SSSR count). The molecule has 0 amide bonds. The largest absolute Gasteiger partial charge is 0.327 e. The molecule has 0 spiro atoms. The summed E-state index contributed by atoms with van der Waals surface area (Å²) in [5, 5.41) is 0.545. The van der Waals surface area contributed by atoms with Gasteiger partial charge in [-0.05, 0) is 12.1 Å². The van der Waals surface area contributed by atoms with Crippen LogP contribution in [0.5, 0.6) is 0 Å². The van der Waals surface area contributed by atoms with Crippen molar-refractivity contribution in [2.45, 2.75) is 3.79 Å². The molecule has 1 aromatic carbocycles. The number of hydrogen-bond donors (Lipinski definition) is 0. The number of fused-ring (bicyclic) bond motifs is 1. The van der Waals surface area contributed by atoms with Gasteiger partial charge < -0.3 is 4.57 Å². The first kappa shape index (κ1) is 11.3. The first-order valence-corrected chi connectivity index (χ1v) is 5.60. The van der Waals surface area contributed by atoms with Crippen molar-refractivity contribution < 1.29 is 0 Å². The maximum atomic E-state index is 5.99. The molecule has 15 heavy (non-hydrogen) atoms. The molecule has 1 heterocycles. The van der Waals surface area contributed by atoms with Crippen molar-refractivity contribution in [3.63, 3.8) is 0 Å². The summed E-state index contributed by atoms with van der Waals surface area (Å²) >= 11 is 23.4. The van der Waals surface area contributed by atoms with Crippen LogP contribution in [-0.4, -0.2) is 9.55 Å². The van der Waals surface area contributed by atoms with Gasteiger partial charge >= 0.3 is 0 Å². The van der Waals surface area contributed by atoms with Gasteiger partial charge in [0.15, 0.2) is 5.82 Å². The van der Waals surface area contributed by atoms with Crippen molar-refractivity contribution >= 4 is 57.4 Å². The Morgan fingerprint density at radius 1 is 1.27 bits per heavy atom. The van der Waals surface area contributed by atoms with E-state index in [-0.39, 0.29) is 0 Å². The average Bonchev–Trinajstić information content (AvgIpc) is 2.45. The highest BCUT2D eigenvalue weighted by molar-refractivity contribution is 6.66. The van der Waals surface area contributed by atoms with Crippen molar-refractivity contribution in [3.05, 3.63) is 29.0 Å². The molecule has 0 aliphatic carbocycles. The summed E-state index contributed by atoms with van der Waals surface area (Å²) < 4.78 is 0.172. The summed E-state index contributed by atoms with van der Waals surface area (Å²) in [7, 11) is 1.78. The van der Waals surface area contributed by atoms with Crippen molar-refractivity contribution in [2.24, 2.45) is 7.05 Å². The Hall–Kier alpha value is -0.150. The van der Waals surface area contributed by atoms with Crippen molar-refractivity contribution in [3.8, 4) is 0 Å². The van der Waals surface area contributed by atoms with Gasteiger partial charge in [-0.15, -0.1) is 0 Å². The monoisotopic (exact) mass is 282 g/mol. The van der Waals surface area contributed by atoms with Gasteiger partial charge in [-0.1, -0.05) is 52.5 Å². The number of rotatable bonds is 0. The van der Waals surface area contributed by atoms with Gasteiger partial charge in [0.2, 0.25) is 3.79 Å². The average molecular weight is 284 g/mol. The van der Waals surface area contributed by atoms with Crippen molar-refractivity contribution in [1.82, 2.24) is 9.55 Å². The van der Waals surface area contributed by atoms with Crippen LogP contribution in [0.3, 0.4) is 0 Å². The van der Waals surface area contributed by atoms with Crippen LogP contribution >= 0.6 is 46.4 Å². The van der Waals surface area contributed by atoms with Gasteiger partial charge in [0.1, 0.15) is 5.52 Å². The van der Waals surface area contributed by atoms with E-state index >= 15 is 0 Å². The maximum absolute atomic E-state index is 5.99. The lowest BCUT2D eigenvalue weighted by Gasteiger charge is -2.09. The molecular formula is C9H6Cl4N2. The molecule has 2 nitrogen and oxygen atoms in total. The lowest BCUT2D eigenvalue weighted by molar-refractivity contribution is 0.841. The third-order valence-electron chi connectivity index (χ3n) is 2.12. The van der Waals surface area contributed by atoms with Crippen LogP contribution in [0.4, 0.5) is 0 Å². The number of hydrogen-bond acceptors (Lipinski definition) is 1. The van der Waals surface area contributed by atoms with E-state index in [1.165, 1.54) is 0 Å². The molecule has 2 aromatic rings. The molecule has 0 unspecified atom stereocenters. The third kappa shape index (κ3) is 1.92. The Kier molecular flexibility index (Phi) is 2.80. The number of para-hydroxylation sites is 1. The summed E-state index contributed by atoms with van der Waals surface area (Å²) in [6, 6.07) is 5.45. The van der Waals surface area contributed by atoms with E-state index in [0.717, 1.165) is 5.52 Å². The fourth-order valence-corrected chi connectivity index (χ4v) is 2.15. The van der Waals surface area contributed by atoms with Crippen LogP contribution in [0.1, 0.15) is 5.82 Å². The second-order valence-corrected chi connectivity index (χ2v) is 5.79. The van der Waals surface area contributed by atoms with E-state index in [1.54, 1.807) is 17.7 Å². The van der Waals surface area contributed by atoms with Crippen LogP contribution in [0.2, 0.25) is 5.02 Å². The van der Waals surface area contributed by atoms with Gasteiger partial charge in [-0.2, -0.15) is 0 Å². The topological polar surface area (TPSA) is 17.8 Å². The van der Waals surface area contributed by atoms with E-state index in [4.69, 9.17) is 46.4 Å². The summed E-state index contributed by atoms with van der Waals surface area (Å²) in [4.78, 5) is 4.22. The van der Waals surface area contributed by atoms with Crippen molar-refractivity contribution in [2.75, 3.05) is 0 Å². The quantitative estimate of drug-likeness (QED) is 0.667. The van der Waals surface area contributed by atoms with Gasteiger partial charge in [-0.25, -0.2) is 4.98 Å². The molecular weight excluding hydrogens is 278 g/mol.